The summed E-state index contributed by atoms with van der Waals surface area (Å²) in [4.78, 5) is 11.1. The molecule has 0 unspecified atom stereocenters. The molecule has 20 heavy (non-hydrogen) atoms. The summed E-state index contributed by atoms with van der Waals surface area (Å²) in [5, 5.41) is 9.41. The van der Waals surface area contributed by atoms with Crippen LogP contribution in [0.1, 0.15) is 21.5 Å². The van der Waals surface area contributed by atoms with E-state index in [4.69, 9.17) is 21.4 Å². The van der Waals surface area contributed by atoms with Crippen LogP contribution in [0.2, 0.25) is 5.02 Å². The Morgan fingerprint density at radius 3 is 2.75 bits per heavy atom. The van der Waals surface area contributed by atoms with Crippen molar-refractivity contribution < 1.29 is 19.0 Å². The van der Waals surface area contributed by atoms with Crippen LogP contribution < -0.4 is 4.74 Å². The van der Waals surface area contributed by atoms with Gasteiger partial charge < -0.3 is 9.84 Å². The molecule has 1 N–H and O–H groups in total. The first kappa shape index (κ1) is 14.3. The second kappa shape index (κ2) is 5.92. The molecule has 0 spiro atoms. The number of halogens is 2. The average molecular weight is 295 g/mol. The average Bonchev–Trinajstić information content (AvgIpc) is 2.38. The molecule has 2 rings (SSSR count). The van der Waals surface area contributed by atoms with Crippen LogP contribution in [-0.4, -0.2) is 11.1 Å². The Morgan fingerprint density at radius 1 is 1.35 bits per heavy atom. The van der Waals surface area contributed by atoms with Crippen molar-refractivity contribution in [3.8, 4) is 5.75 Å². The molecule has 3 nitrogen and oxygen atoms in total. The van der Waals surface area contributed by atoms with Crippen LogP contribution >= 0.6 is 11.6 Å². The van der Waals surface area contributed by atoms with Crippen molar-refractivity contribution in [2.75, 3.05) is 0 Å². The van der Waals surface area contributed by atoms with Gasteiger partial charge >= 0.3 is 5.97 Å². The Kier molecular flexibility index (Phi) is 4.25. The van der Waals surface area contributed by atoms with Gasteiger partial charge in [0.1, 0.15) is 23.7 Å². The maximum Gasteiger partial charge on any atom is 0.339 e. The van der Waals surface area contributed by atoms with Crippen molar-refractivity contribution in [3.63, 3.8) is 0 Å². The first-order valence-corrected chi connectivity index (χ1v) is 6.26. The number of benzene rings is 2. The number of carbonyl (C=O) groups is 1. The summed E-state index contributed by atoms with van der Waals surface area (Å²) in [5.74, 6) is -1.32. The molecule has 2 aromatic carbocycles. The van der Waals surface area contributed by atoms with E-state index in [1.165, 1.54) is 18.2 Å². The van der Waals surface area contributed by atoms with Gasteiger partial charge in [-0.2, -0.15) is 0 Å². The molecule has 0 bridgehead atoms. The van der Waals surface area contributed by atoms with Gasteiger partial charge in [-0.3, -0.25) is 0 Å². The second-order valence-electron chi connectivity index (χ2n) is 4.28. The van der Waals surface area contributed by atoms with E-state index in [0.29, 0.717) is 16.1 Å². The van der Waals surface area contributed by atoms with Gasteiger partial charge in [-0.05, 0) is 30.7 Å². The van der Waals surface area contributed by atoms with Gasteiger partial charge in [0.25, 0.3) is 0 Å². The smallest absolute Gasteiger partial charge is 0.339 e. The summed E-state index contributed by atoms with van der Waals surface area (Å²) in [6.45, 7) is 1.67. The van der Waals surface area contributed by atoms with Crippen molar-refractivity contribution in [3.05, 3.63) is 63.9 Å². The molecule has 0 amide bonds. The van der Waals surface area contributed by atoms with E-state index in [2.05, 4.69) is 0 Å². The van der Waals surface area contributed by atoms with Crippen LogP contribution in [0, 0.1) is 12.7 Å². The molecule has 104 valence electrons. The van der Waals surface area contributed by atoms with Gasteiger partial charge in [-0.15, -0.1) is 0 Å². The van der Waals surface area contributed by atoms with Gasteiger partial charge in [0.2, 0.25) is 0 Å². The van der Waals surface area contributed by atoms with E-state index in [1.54, 1.807) is 25.1 Å². The Labute approximate surface area is 120 Å². The molecule has 0 heterocycles. The standard InChI is InChI=1S/C15H12ClFO3/c1-9-3-2-4-12(15(18)19)14(9)20-8-10-5-6-11(16)7-13(10)17/h2-7H,8H2,1H3,(H,18,19). The molecule has 0 radical (unpaired) electrons. The minimum atomic E-state index is -1.08. The molecular weight excluding hydrogens is 283 g/mol. The first-order chi connectivity index (χ1) is 9.49. The van der Waals surface area contributed by atoms with Gasteiger partial charge in [0.15, 0.2) is 0 Å². The molecule has 0 aromatic heterocycles. The number of hydrogen-bond acceptors (Lipinski definition) is 2. The number of carboxylic acid groups (broad SMARTS) is 1. The van der Waals surface area contributed by atoms with Crippen molar-refractivity contribution >= 4 is 17.6 Å². The number of aromatic carboxylic acids is 1. The minimum Gasteiger partial charge on any atom is -0.488 e. The van der Waals surface area contributed by atoms with E-state index < -0.39 is 11.8 Å². The predicted molar refractivity (Wildman–Crippen MR) is 73.9 cm³/mol. The monoisotopic (exact) mass is 294 g/mol. The highest BCUT2D eigenvalue weighted by atomic mass is 35.5. The molecule has 0 saturated carbocycles. The van der Waals surface area contributed by atoms with E-state index in [1.807, 2.05) is 0 Å². The highest BCUT2D eigenvalue weighted by Crippen LogP contribution is 2.25. The second-order valence-corrected chi connectivity index (χ2v) is 4.72. The normalized spacial score (nSPS) is 10.3. The van der Waals surface area contributed by atoms with Gasteiger partial charge in [-0.25, -0.2) is 9.18 Å². The van der Waals surface area contributed by atoms with Crippen LogP contribution in [0.3, 0.4) is 0 Å². The van der Waals surface area contributed by atoms with Crippen molar-refractivity contribution in [1.82, 2.24) is 0 Å². The van der Waals surface area contributed by atoms with Crippen LogP contribution in [0.5, 0.6) is 5.75 Å². The van der Waals surface area contributed by atoms with Crippen LogP contribution in [0.25, 0.3) is 0 Å². The maximum atomic E-state index is 13.6. The molecule has 0 aliphatic rings. The number of carboxylic acids is 1. The Hall–Kier alpha value is -2.07. The summed E-state index contributed by atoms with van der Waals surface area (Å²) in [6, 6.07) is 9.07. The zero-order valence-electron chi connectivity index (χ0n) is 10.7. The third-order valence-electron chi connectivity index (χ3n) is 2.83. The molecular formula is C15H12ClFO3. The minimum absolute atomic E-state index is 0.0550. The molecule has 2 aromatic rings. The Morgan fingerprint density at radius 2 is 2.10 bits per heavy atom. The topological polar surface area (TPSA) is 46.5 Å². The SMILES string of the molecule is Cc1cccc(C(=O)O)c1OCc1ccc(Cl)cc1F. The maximum absolute atomic E-state index is 13.6. The summed E-state index contributed by atoms with van der Waals surface area (Å²) in [6.07, 6.45) is 0. The van der Waals surface area contributed by atoms with Crippen molar-refractivity contribution in [2.45, 2.75) is 13.5 Å². The van der Waals surface area contributed by atoms with E-state index >= 15 is 0 Å². The molecule has 0 saturated heterocycles. The van der Waals surface area contributed by atoms with E-state index in [-0.39, 0.29) is 17.9 Å². The highest BCUT2D eigenvalue weighted by Gasteiger charge is 2.14. The lowest BCUT2D eigenvalue weighted by Crippen LogP contribution is -2.06. The summed E-state index contributed by atoms with van der Waals surface area (Å²) < 4.78 is 19.1. The number of aryl methyl sites for hydroxylation is 1. The molecule has 0 atom stereocenters. The zero-order valence-corrected chi connectivity index (χ0v) is 11.4. The molecule has 0 aliphatic heterocycles. The summed E-state index contributed by atoms with van der Waals surface area (Å²) in [7, 11) is 0. The molecule has 0 fully saturated rings. The van der Waals surface area contributed by atoms with Gasteiger partial charge in [0, 0.05) is 10.6 Å². The quantitative estimate of drug-likeness (QED) is 0.925. The molecule has 5 heteroatoms. The van der Waals surface area contributed by atoms with Crippen LogP contribution in [0.15, 0.2) is 36.4 Å². The summed E-state index contributed by atoms with van der Waals surface area (Å²) >= 11 is 5.67. The lowest BCUT2D eigenvalue weighted by atomic mass is 10.1. The highest BCUT2D eigenvalue weighted by molar-refractivity contribution is 6.30. The first-order valence-electron chi connectivity index (χ1n) is 5.88. The van der Waals surface area contributed by atoms with E-state index in [9.17, 15) is 9.18 Å². The lowest BCUT2D eigenvalue weighted by Gasteiger charge is -2.12. The molecule has 0 aliphatic carbocycles. The number of ether oxygens (including phenoxy) is 1. The van der Waals surface area contributed by atoms with Crippen LogP contribution in [0.4, 0.5) is 4.39 Å². The predicted octanol–water partition coefficient (Wildman–Crippen LogP) is 4.06. The fourth-order valence-electron chi connectivity index (χ4n) is 1.80. The van der Waals surface area contributed by atoms with Crippen molar-refractivity contribution in [1.29, 1.82) is 0 Å². The van der Waals surface area contributed by atoms with Crippen LogP contribution in [-0.2, 0) is 6.61 Å². The lowest BCUT2D eigenvalue weighted by molar-refractivity contribution is 0.0691. The van der Waals surface area contributed by atoms with Gasteiger partial charge in [0.05, 0.1) is 0 Å². The fourth-order valence-corrected chi connectivity index (χ4v) is 1.96. The largest absolute Gasteiger partial charge is 0.488 e. The zero-order chi connectivity index (χ0) is 14.7. The Balaban J connectivity index is 2.25. The summed E-state index contributed by atoms with van der Waals surface area (Å²) in [5.41, 5.74) is 1.05. The van der Waals surface area contributed by atoms with Gasteiger partial charge in [-0.1, -0.05) is 29.8 Å². The van der Waals surface area contributed by atoms with E-state index in [0.717, 1.165) is 0 Å². The van der Waals surface area contributed by atoms with Crippen molar-refractivity contribution in [2.24, 2.45) is 0 Å². The number of rotatable bonds is 4. The Bertz CT molecular complexity index is 656. The third-order valence-corrected chi connectivity index (χ3v) is 3.06. The number of para-hydroxylation sites is 1. The fraction of sp³-hybridized carbons (Fsp3) is 0.133. The number of hydrogen-bond donors (Lipinski definition) is 1. The third kappa shape index (κ3) is 3.08.